The van der Waals surface area contributed by atoms with E-state index in [0.29, 0.717) is 21.9 Å². The van der Waals surface area contributed by atoms with E-state index in [9.17, 15) is 4.79 Å². The van der Waals surface area contributed by atoms with Gasteiger partial charge in [-0.1, -0.05) is 23.5 Å². The number of nitrogens with zero attached hydrogens (tertiary/aromatic N) is 3. The molecule has 4 aromatic rings. The van der Waals surface area contributed by atoms with E-state index in [-0.39, 0.29) is 5.56 Å². The predicted octanol–water partition coefficient (Wildman–Crippen LogP) is 3.49. The van der Waals surface area contributed by atoms with Gasteiger partial charge in [0.1, 0.15) is 5.75 Å². The van der Waals surface area contributed by atoms with Crippen molar-refractivity contribution in [3.05, 3.63) is 69.0 Å². The molecule has 0 fully saturated rings. The van der Waals surface area contributed by atoms with Crippen molar-refractivity contribution in [2.75, 3.05) is 12.9 Å². The number of thiazole rings is 1. The summed E-state index contributed by atoms with van der Waals surface area (Å²) < 4.78 is 7.45. The van der Waals surface area contributed by atoms with Crippen molar-refractivity contribution < 1.29 is 4.74 Å². The number of fused-ring (bicyclic) bond motifs is 1. The van der Waals surface area contributed by atoms with Gasteiger partial charge in [-0.05, 0) is 61.2 Å². The fourth-order valence-corrected chi connectivity index (χ4v) is 3.99. The molecule has 0 N–H and O–H groups in total. The van der Waals surface area contributed by atoms with E-state index in [1.807, 2.05) is 67.8 Å². The number of hydrogen-bond acceptors (Lipinski definition) is 6. The van der Waals surface area contributed by atoms with Crippen LogP contribution in [-0.4, -0.2) is 27.5 Å². The first-order valence-corrected chi connectivity index (χ1v) is 10.5. The largest absolute Gasteiger partial charge is 0.494 e. The molecule has 0 radical (unpaired) electrons. The van der Waals surface area contributed by atoms with Crippen LogP contribution >= 0.6 is 23.1 Å². The van der Waals surface area contributed by atoms with E-state index < -0.39 is 0 Å². The Morgan fingerprint density at radius 1 is 1.15 bits per heavy atom. The second kappa shape index (κ2) is 7.54. The maximum absolute atomic E-state index is 12.7. The topological polar surface area (TPSA) is 56.5 Å². The third-order valence-electron chi connectivity index (χ3n) is 4.02. The van der Waals surface area contributed by atoms with Crippen molar-refractivity contribution >= 4 is 34.1 Å². The summed E-state index contributed by atoms with van der Waals surface area (Å²) in [6.07, 6.45) is 3.92. The second-order valence-electron chi connectivity index (χ2n) is 5.78. The maximum Gasteiger partial charge on any atom is 0.291 e. The Morgan fingerprint density at radius 2 is 1.89 bits per heavy atom. The molecular weight excluding hydrogens is 378 g/mol. The molecule has 136 valence electrons. The lowest BCUT2D eigenvalue weighted by Crippen LogP contribution is -2.23. The molecule has 7 heteroatoms. The van der Waals surface area contributed by atoms with Gasteiger partial charge in [-0.25, -0.2) is 0 Å². The summed E-state index contributed by atoms with van der Waals surface area (Å²) in [7, 11) is 0. The van der Waals surface area contributed by atoms with Crippen molar-refractivity contribution in [1.29, 1.82) is 0 Å². The fourth-order valence-electron chi connectivity index (χ4n) is 2.67. The molecule has 0 unspecified atom stereocenters. The zero-order valence-corrected chi connectivity index (χ0v) is 16.5. The smallest absolute Gasteiger partial charge is 0.291 e. The number of aromatic nitrogens is 3. The number of ether oxygens (including phenoxy) is 1. The van der Waals surface area contributed by atoms with Gasteiger partial charge in [0, 0.05) is 10.5 Å². The van der Waals surface area contributed by atoms with Crippen LogP contribution in [-0.2, 0) is 0 Å². The summed E-state index contributed by atoms with van der Waals surface area (Å²) in [4.78, 5) is 19.0. The highest BCUT2D eigenvalue weighted by atomic mass is 32.2. The van der Waals surface area contributed by atoms with Crippen LogP contribution in [0.2, 0.25) is 0 Å². The lowest BCUT2D eigenvalue weighted by atomic mass is 10.2. The van der Waals surface area contributed by atoms with E-state index in [1.165, 1.54) is 20.7 Å². The van der Waals surface area contributed by atoms with Crippen LogP contribution in [0.5, 0.6) is 5.75 Å². The summed E-state index contributed by atoms with van der Waals surface area (Å²) >= 11 is 3.04. The zero-order chi connectivity index (χ0) is 18.8. The number of benzene rings is 2. The average molecular weight is 396 g/mol. The summed E-state index contributed by atoms with van der Waals surface area (Å²) in [6.45, 7) is 2.57. The van der Waals surface area contributed by atoms with E-state index in [1.54, 1.807) is 11.8 Å². The summed E-state index contributed by atoms with van der Waals surface area (Å²) in [6, 6.07) is 15.7. The molecule has 0 spiro atoms. The van der Waals surface area contributed by atoms with Crippen LogP contribution in [0.15, 0.2) is 58.2 Å². The third-order valence-corrected chi connectivity index (χ3v) is 5.72. The Bertz CT molecular complexity index is 1180. The van der Waals surface area contributed by atoms with Crippen LogP contribution in [0.3, 0.4) is 0 Å². The predicted molar refractivity (Wildman–Crippen MR) is 111 cm³/mol. The highest BCUT2D eigenvalue weighted by Crippen LogP contribution is 2.20. The van der Waals surface area contributed by atoms with Crippen molar-refractivity contribution in [2.45, 2.75) is 11.8 Å². The molecule has 0 aliphatic heterocycles. The van der Waals surface area contributed by atoms with E-state index >= 15 is 0 Å². The van der Waals surface area contributed by atoms with Gasteiger partial charge in [-0.3, -0.25) is 4.79 Å². The van der Waals surface area contributed by atoms with Crippen molar-refractivity contribution in [3.63, 3.8) is 0 Å². The summed E-state index contributed by atoms with van der Waals surface area (Å²) in [5.74, 6) is 1.34. The molecule has 2 aromatic heterocycles. The van der Waals surface area contributed by atoms with Gasteiger partial charge in [0.05, 0.1) is 11.1 Å². The lowest BCUT2D eigenvalue weighted by molar-refractivity contribution is 0.340. The van der Waals surface area contributed by atoms with Crippen molar-refractivity contribution in [3.8, 4) is 17.1 Å². The molecule has 0 aliphatic carbocycles. The molecule has 0 bridgehead atoms. The monoisotopic (exact) mass is 395 g/mol. The summed E-state index contributed by atoms with van der Waals surface area (Å²) in [5.41, 5.74) is 1.70. The molecule has 0 amide bonds. The Hall–Kier alpha value is -2.64. The quantitative estimate of drug-likeness (QED) is 0.484. The van der Waals surface area contributed by atoms with Crippen molar-refractivity contribution in [2.24, 2.45) is 0 Å². The molecule has 2 heterocycles. The van der Waals surface area contributed by atoms with Gasteiger partial charge in [-0.2, -0.15) is 9.50 Å². The normalized spacial score (nSPS) is 12.0. The number of rotatable bonds is 5. The molecule has 0 saturated heterocycles. The second-order valence-corrected chi connectivity index (χ2v) is 7.66. The molecule has 2 aromatic carbocycles. The Balaban J connectivity index is 1.68. The van der Waals surface area contributed by atoms with Gasteiger partial charge < -0.3 is 4.74 Å². The fraction of sp³-hybridized carbons (Fsp3) is 0.150. The molecule has 27 heavy (non-hydrogen) atoms. The number of hydrogen-bond donors (Lipinski definition) is 0. The van der Waals surface area contributed by atoms with E-state index in [0.717, 1.165) is 16.9 Å². The van der Waals surface area contributed by atoms with Gasteiger partial charge in [0.25, 0.3) is 5.56 Å². The van der Waals surface area contributed by atoms with E-state index in [4.69, 9.17) is 4.74 Å². The average Bonchev–Trinajstić information content (AvgIpc) is 3.23. The lowest BCUT2D eigenvalue weighted by Gasteiger charge is -2.02. The first-order chi connectivity index (χ1) is 13.2. The van der Waals surface area contributed by atoms with Gasteiger partial charge >= 0.3 is 0 Å². The van der Waals surface area contributed by atoms with Gasteiger partial charge in [0.2, 0.25) is 4.96 Å². The first kappa shape index (κ1) is 17.8. The van der Waals surface area contributed by atoms with Gasteiger partial charge in [0.15, 0.2) is 5.82 Å². The standard InChI is InChI=1S/C20H17N3O2S2/c1-3-25-15-8-6-14(7-9-15)18-21-20-23(22-18)19(24)17(27-20)12-13-4-10-16(26-2)11-5-13/h4-12H,3H2,1-2H3. The van der Waals surface area contributed by atoms with E-state index in [2.05, 4.69) is 10.1 Å². The zero-order valence-electron chi connectivity index (χ0n) is 14.9. The molecule has 0 atom stereocenters. The molecule has 0 aliphatic rings. The molecular formula is C20H17N3O2S2. The minimum Gasteiger partial charge on any atom is -0.494 e. The van der Waals surface area contributed by atoms with Gasteiger partial charge in [-0.15, -0.1) is 16.9 Å². The first-order valence-electron chi connectivity index (χ1n) is 8.46. The highest BCUT2D eigenvalue weighted by Gasteiger charge is 2.12. The molecule has 4 rings (SSSR count). The van der Waals surface area contributed by atoms with Crippen LogP contribution in [0.4, 0.5) is 0 Å². The Morgan fingerprint density at radius 3 is 2.52 bits per heavy atom. The Kier molecular flexibility index (Phi) is 4.96. The van der Waals surface area contributed by atoms with Crippen LogP contribution < -0.4 is 14.8 Å². The minimum atomic E-state index is -0.145. The summed E-state index contributed by atoms with van der Waals surface area (Å²) in [5, 5.41) is 4.39. The van der Waals surface area contributed by atoms with Crippen LogP contribution in [0, 0.1) is 0 Å². The third kappa shape index (κ3) is 3.61. The minimum absolute atomic E-state index is 0.145. The number of thioether (sulfide) groups is 1. The van der Waals surface area contributed by atoms with Crippen LogP contribution in [0.25, 0.3) is 22.4 Å². The molecule has 0 saturated carbocycles. The maximum atomic E-state index is 12.7. The highest BCUT2D eigenvalue weighted by molar-refractivity contribution is 7.98. The SMILES string of the molecule is CCOc1ccc(-c2nc3sc(=Cc4ccc(SC)cc4)c(=O)n3n2)cc1. The molecule has 5 nitrogen and oxygen atoms in total. The Labute approximate surface area is 164 Å². The van der Waals surface area contributed by atoms with Crippen molar-refractivity contribution in [1.82, 2.24) is 14.6 Å². The van der Waals surface area contributed by atoms with Crippen LogP contribution in [0.1, 0.15) is 12.5 Å².